The molecule has 2 aromatic rings. The van der Waals surface area contributed by atoms with E-state index in [0.29, 0.717) is 22.3 Å². The summed E-state index contributed by atoms with van der Waals surface area (Å²) >= 11 is 12.1. The van der Waals surface area contributed by atoms with E-state index in [9.17, 15) is 18.0 Å². The zero-order chi connectivity index (χ0) is 25.5. The SMILES string of the molecule is CCNC(=O)[C@H](C)N(Cc1ccc(Cl)cc1)C(=O)CCCN(c1cc(Cl)ccc1C)S(C)(=O)=O. The molecular formula is C24H31Cl2N3O4S. The summed E-state index contributed by atoms with van der Waals surface area (Å²) in [6.45, 7) is 6.09. The lowest BCUT2D eigenvalue weighted by Gasteiger charge is -2.29. The molecule has 0 aliphatic carbocycles. The van der Waals surface area contributed by atoms with Gasteiger partial charge in [-0.1, -0.05) is 41.4 Å². The lowest BCUT2D eigenvalue weighted by Crippen LogP contribution is -2.47. The first kappa shape index (κ1) is 28.0. The van der Waals surface area contributed by atoms with Crippen molar-refractivity contribution >= 4 is 50.7 Å². The van der Waals surface area contributed by atoms with Gasteiger partial charge < -0.3 is 10.2 Å². The molecule has 186 valence electrons. The van der Waals surface area contributed by atoms with Crippen LogP contribution in [0.15, 0.2) is 42.5 Å². The number of likely N-dealkylation sites (N-methyl/N-ethyl adjacent to an activating group) is 1. The Morgan fingerprint density at radius 3 is 2.26 bits per heavy atom. The molecule has 0 heterocycles. The van der Waals surface area contributed by atoms with Crippen LogP contribution in [0.25, 0.3) is 0 Å². The predicted molar refractivity (Wildman–Crippen MR) is 138 cm³/mol. The van der Waals surface area contributed by atoms with Crippen molar-refractivity contribution in [2.24, 2.45) is 0 Å². The van der Waals surface area contributed by atoms with Gasteiger partial charge in [0.05, 0.1) is 11.9 Å². The zero-order valence-electron chi connectivity index (χ0n) is 19.8. The molecule has 0 aliphatic heterocycles. The van der Waals surface area contributed by atoms with E-state index in [0.717, 1.165) is 17.4 Å². The van der Waals surface area contributed by atoms with Crippen molar-refractivity contribution in [2.45, 2.75) is 46.2 Å². The van der Waals surface area contributed by atoms with Gasteiger partial charge in [0.1, 0.15) is 6.04 Å². The van der Waals surface area contributed by atoms with E-state index in [1.54, 1.807) is 56.3 Å². The van der Waals surface area contributed by atoms with Crippen LogP contribution in [0.4, 0.5) is 5.69 Å². The van der Waals surface area contributed by atoms with Crippen molar-refractivity contribution in [1.29, 1.82) is 0 Å². The van der Waals surface area contributed by atoms with Gasteiger partial charge >= 0.3 is 0 Å². The molecule has 2 rings (SSSR count). The number of nitrogens with zero attached hydrogens (tertiary/aromatic N) is 2. The number of benzene rings is 2. The van der Waals surface area contributed by atoms with Crippen molar-refractivity contribution in [3.63, 3.8) is 0 Å². The Kier molecular flexibility index (Phi) is 10.2. The van der Waals surface area contributed by atoms with Crippen LogP contribution in [0.3, 0.4) is 0 Å². The molecule has 0 bridgehead atoms. The summed E-state index contributed by atoms with van der Waals surface area (Å²) in [5.41, 5.74) is 2.08. The summed E-state index contributed by atoms with van der Waals surface area (Å²) in [5, 5.41) is 3.75. The first-order valence-corrected chi connectivity index (χ1v) is 13.6. The molecule has 10 heteroatoms. The van der Waals surface area contributed by atoms with Gasteiger partial charge in [0.15, 0.2) is 0 Å². The number of rotatable bonds is 11. The molecule has 0 unspecified atom stereocenters. The van der Waals surface area contributed by atoms with Gasteiger partial charge in [-0.05, 0) is 62.6 Å². The molecule has 0 radical (unpaired) electrons. The summed E-state index contributed by atoms with van der Waals surface area (Å²) in [7, 11) is -3.59. The van der Waals surface area contributed by atoms with E-state index in [-0.39, 0.29) is 37.7 Å². The number of hydrogen-bond donors (Lipinski definition) is 1. The maximum absolute atomic E-state index is 13.2. The fourth-order valence-electron chi connectivity index (χ4n) is 3.52. The van der Waals surface area contributed by atoms with Crippen LogP contribution >= 0.6 is 23.2 Å². The smallest absolute Gasteiger partial charge is 0.242 e. The largest absolute Gasteiger partial charge is 0.355 e. The minimum absolute atomic E-state index is 0.0724. The van der Waals surface area contributed by atoms with E-state index in [4.69, 9.17) is 23.2 Å². The first-order valence-electron chi connectivity index (χ1n) is 11.0. The van der Waals surface area contributed by atoms with Crippen LogP contribution in [0.1, 0.15) is 37.8 Å². The third kappa shape index (κ3) is 7.89. The molecule has 1 atom stereocenters. The molecule has 2 amide bonds. The second kappa shape index (κ2) is 12.4. The minimum Gasteiger partial charge on any atom is -0.355 e. The van der Waals surface area contributed by atoms with Crippen LogP contribution in [0.5, 0.6) is 0 Å². The van der Waals surface area contributed by atoms with E-state index >= 15 is 0 Å². The second-order valence-electron chi connectivity index (χ2n) is 8.09. The van der Waals surface area contributed by atoms with Crippen LogP contribution in [0.2, 0.25) is 10.0 Å². The van der Waals surface area contributed by atoms with E-state index < -0.39 is 16.1 Å². The number of halogens is 2. The van der Waals surface area contributed by atoms with Crippen molar-refractivity contribution < 1.29 is 18.0 Å². The Labute approximate surface area is 212 Å². The number of carbonyl (C=O) groups is 2. The van der Waals surface area contributed by atoms with E-state index in [2.05, 4.69) is 5.32 Å². The Bertz CT molecular complexity index is 1110. The highest BCUT2D eigenvalue weighted by molar-refractivity contribution is 7.92. The van der Waals surface area contributed by atoms with E-state index in [1.807, 2.05) is 6.92 Å². The average Bonchev–Trinajstić information content (AvgIpc) is 2.77. The molecule has 0 spiro atoms. The van der Waals surface area contributed by atoms with Gasteiger partial charge in [0.2, 0.25) is 21.8 Å². The second-order valence-corrected chi connectivity index (χ2v) is 10.9. The van der Waals surface area contributed by atoms with E-state index in [1.165, 1.54) is 9.21 Å². The summed E-state index contributed by atoms with van der Waals surface area (Å²) in [4.78, 5) is 27.2. The summed E-state index contributed by atoms with van der Waals surface area (Å²) in [6.07, 6.45) is 1.47. The van der Waals surface area contributed by atoms with Gasteiger partial charge in [0, 0.05) is 36.1 Å². The maximum atomic E-state index is 13.2. The molecule has 0 saturated heterocycles. The highest BCUT2D eigenvalue weighted by Gasteiger charge is 2.26. The third-order valence-electron chi connectivity index (χ3n) is 5.38. The monoisotopic (exact) mass is 527 g/mol. The quantitative estimate of drug-likeness (QED) is 0.469. The zero-order valence-corrected chi connectivity index (χ0v) is 22.2. The van der Waals surface area contributed by atoms with Gasteiger partial charge in [-0.2, -0.15) is 0 Å². The summed E-state index contributed by atoms with van der Waals surface area (Å²) < 4.78 is 26.2. The Balaban J connectivity index is 2.18. The van der Waals surface area contributed by atoms with Crippen molar-refractivity contribution in [2.75, 3.05) is 23.7 Å². The Hall–Kier alpha value is -2.29. The van der Waals surface area contributed by atoms with Gasteiger partial charge in [-0.15, -0.1) is 0 Å². The highest BCUT2D eigenvalue weighted by atomic mass is 35.5. The summed E-state index contributed by atoms with van der Waals surface area (Å²) in [6, 6.07) is 11.4. The Morgan fingerprint density at radius 1 is 1.06 bits per heavy atom. The molecule has 0 aliphatic rings. The summed E-state index contributed by atoms with van der Waals surface area (Å²) in [5.74, 6) is -0.498. The number of carbonyl (C=O) groups excluding carboxylic acids is 2. The molecule has 0 fully saturated rings. The molecule has 34 heavy (non-hydrogen) atoms. The van der Waals surface area contributed by atoms with Crippen molar-refractivity contribution in [3.05, 3.63) is 63.6 Å². The Morgan fingerprint density at radius 2 is 1.68 bits per heavy atom. The lowest BCUT2D eigenvalue weighted by molar-refractivity contribution is -0.140. The van der Waals surface area contributed by atoms with Gasteiger partial charge in [0.25, 0.3) is 0 Å². The maximum Gasteiger partial charge on any atom is 0.242 e. The van der Waals surface area contributed by atoms with Gasteiger partial charge in [-0.3, -0.25) is 13.9 Å². The number of sulfonamides is 1. The lowest BCUT2D eigenvalue weighted by atomic mass is 10.1. The van der Waals surface area contributed by atoms with Gasteiger partial charge in [-0.25, -0.2) is 8.42 Å². The first-order chi connectivity index (χ1) is 15.9. The topological polar surface area (TPSA) is 86.8 Å². The molecule has 7 nitrogen and oxygen atoms in total. The number of nitrogens with one attached hydrogen (secondary N) is 1. The molecule has 2 aromatic carbocycles. The van der Waals surface area contributed by atoms with Crippen LogP contribution in [-0.4, -0.2) is 50.5 Å². The van der Waals surface area contributed by atoms with Crippen molar-refractivity contribution in [3.8, 4) is 0 Å². The molecule has 1 N–H and O–H groups in total. The van der Waals surface area contributed by atoms with Crippen LogP contribution in [-0.2, 0) is 26.2 Å². The van der Waals surface area contributed by atoms with Crippen LogP contribution in [0, 0.1) is 6.92 Å². The highest BCUT2D eigenvalue weighted by Crippen LogP contribution is 2.27. The average molecular weight is 529 g/mol. The molecule has 0 saturated carbocycles. The number of amides is 2. The minimum atomic E-state index is -3.59. The fraction of sp³-hybridized carbons (Fsp3) is 0.417. The molecular weight excluding hydrogens is 497 g/mol. The third-order valence-corrected chi connectivity index (χ3v) is 7.04. The van der Waals surface area contributed by atoms with Crippen molar-refractivity contribution in [1.82, 2.24) is 10.2 Å². The molecule has 0 aromatic heterocycles. The predicted octanol–water partition coefficient (Wildman–Crippen LogP) is 4.40. The number of aryl methyl sites for hydroxylation is 1. The standard InChI is InChI=1S/C24H31Cl2N3O4S/c1-5-27-24(31)18(3)28(16-19-9-12-20(25)13-10-19)23(30)7-6-14-29(34(4,32)33)22-15-21(26)11-8-17(22)2/h8-13,15,18H,5-7,14,16H2,1-4H3,(H,27,31)/t18-/m0/s1. The van der Waals surface area contributed by atoms with Crippen LogP contribution < -0.4 is 9.62 Å². The number of anilines is 1. The number of hydrogen-bond acceptors (Lipinski definition) is 4. The fourth-order valence-corrected chi connectivity index (χ4v) is 4.83. The normalized spacial score (nSPS) is 12.2.